The van der Waals surface area contributed by atoms with Crippen molar-refractivity contribution in [3.63, 3.8) is 0 Å². The molecule has 122 valence electrons. The van der Waals surface area contributed by atoms with E-state index in [-0.39, 0.29) is 11.5 Å². The molecule has 0 amide bonds. The number of fused-ring (bicyclic) bond motifs is 1. The third-order valence-corrected chi connectivity index (χ3v) is 3.42. The Morgan fingerprint density at radius 2 is 1.88 bits per heavy atom. The topological polar surface area (TPSA) is 82.1 Å². The zero-order valence-electron chi connectivity index (χ0n) is 12.8. The van der Waals surface area contributed by atoms with Gasteiger partial charge in [0.1, 0.15) is 17.2 Å². The second kappa shape index (κ2) is 6.45. The van der Waals surface area contributed by atoms with Crippen molar-refractivity contribution < 1.29 is 28.9 Å². The van der Waals surface area contributed by atoms with Crippen molar-refractivity contribution in [3.8, 4) is 17.2 Å². The summed E-state index contributed by atoms with van der Waals surface area (Å²) in [4.78, 5) is 22.9. The van der Waals surface area contributed by atoms with Gasteiger partial charge in [0.25, 0.3) is 0 Å². The van der Waals surface area contributed by atoms with Crippen molar-refractivity contribution >= 4 is 17.8 Å². The average molecular weight is 326 g/mol. The predicted molar refractivity (Wildman–Crippen MR) is 85.5 cm³/mol. The number of hydrogen-bond acceptors (Lipinski definition) is 5. The molecule has 0 radical (unpaired) electrons. The van der Waals surface area contributed by atoms with E-state index in [1.807, 2.05) is 12.1 Å². The van der Waals surface area contributed by atoms with Crippen LogP contribution in [-0.4, -0.2) is 30.6 Å². The van der Waals surface area contributed by atoms with Gasteiger partial charge in [0.15, 0.2) is 12.4 Å². The molecule has 2 aromatic rings. The van der Waals surface area contributed by atoms with Crippen LogP contribution in [0.4, 0.5) is 0 Å². The van der Waals surface area contributed by atoms with Crippen LogP contribution in [0.1, 0.15) is 15.9 Å². The molecular formula is C18H14O6. The highest BCUT2D eigenvalue weighted by molar-refractivity contribution is 6.14. The fourth-order valence-corrected chi connectivity index (χ4v) is 2.25. The number of carbonyl (C=O) groups is 2. The van der Waals surface area contributed by atoms with Gasteiger partial charge in [0.05, 0.1) is 12.7 Å². The monoisotopic (exact) mass is 326 g/mol. The van der Waals surface area contributed by atoms with E-state index in [1.165, 1.54) is 6.07 Å². The molecule has 0 atom stereocenters. The third kappa shape index (κ3) is 3.22. The Hall–Kier alpha value is -3.28. The Balaban J connectivity index is 1.81. The first-order chi connectivity index (χ1) is 11.6. The van der Waals surface area contributed by atoms with Crippen LogP contribution in [0.5, 0.6) is 17.2 Å². The van der Waals surface area contributed by atoms with Crippen LogP contribution in [0.3, 0.4) is 0 Å². The first-order valence-electron chi connectivity index (χ1n) is 7.14. The van der Waals surface area contributed by atoms with Crippen molar-refractivity contribution in [2.75, 3.05) is 13.7 Å². The van der Waals surface area contributed by atoms with E-state index in [4.69, 9.17) is 19.3 Å². The van der Waals surface area contributed by atoms with Gasteiger partial charge in [-0.2, -0.15) is 0 Å². The summed E-state index contributed by atoms with van der Waals surface area (Å²) in [5, 5.41) is 8.63. The highest BCUT2D eigenvalue weighted by atomic mass is 16.5. The summed E-state index contributed by atoms with van der Waals surface area (Å²) in [5.74, 6) is 0.292. The van der Waals surface area contributed by atoms with E-state index in [0.29, 0.717) is 17.1 Å². The molecule has 2 aromatic carbocycles. The van der Waals surface area contributed by atoms with Crippen LogP contribution < -0.4 is 14.2 Å². The van der Waals surface area contributed by atoms with Gasteiger partial charge < -0.3 is 19.3 Å². The lowest BCUT2D eigenvalue weighted by Gasteiger charge is -2.04. The number of rotatable bonds is 5. The van der Waals surface area contributed by atoms with Crippen LogP contribution in [0, 0.1) is 0 Å². The van der Waals surface area contributed by atoms with Gasteiger partial charge >= 0.3 is 5.97 Å². The van der Waals surface area contributed by atoms with Gasteiger partial charge in [0, 0.05) is 6.07 Å². The SMILES string of the molecule is COc1ccc(/C=C2\Oc3cc(OCC(=O)O)ccc3C2=O)cc1. The summed E-state index contributed by atoms with van der Waals surface area (Å²) in [7, 11) is 1.58. The molecule has 1 aliphatic rings. The molecule has 0 aromatic heterocycles. The van der Waals surface area contributed by atoms with Gasteiger partial charge in [0.2, 0.25) is 5.78 Å². The summed E-state index contributed by atoms with van der Waals surface area (Å²) >= 11 is 0. The number of allylic oxidation sites excluding steroid dienone is 1. The fraction of sp³-hybridized carbons (Fsp3) is 0.111. The summed E-state index contributed by atoms with van der Waals surface area (Å²) in [6.07, 6.45) is 1.64. The van der Waals surface area contributed by atoms with Gasteiger partial charge in [-0.3, -0.25) is 4.79 Å². The number of hydrogen-bond donors (Lipinski definition) is 1. The van der Waals surface area contributed by atoms with Gasteiger partial charge in [-0.05, 0) is 35.9 Å². The number of Topliss-reactive ketones (excluding diaryl/α,β-unsaturated/α-hetero) is 1. The number of carbonyl (C=O) groups excluding carboxylic acids is 1. The summed E-state index contributed by atoms with van der Waals surface area (Å²) in [6.45, 7) is -0.457. The molecule has 3 rings (SSSR count). The predicted octanol–water partition coefficient (Wildman–Crippen LogP) is 2.77. The number of carboxylic acids is 1. The molecule has 0 saturated heterocycles. The highest BCUT2D eigenvalue weighted by Gasteiger charge is 2.27. The minimum atomic E-state index is -1.08. The molecule has 0 saturated carbocycles. The van der Waals surface area contributed by atoms with E-state index in [9.17, 15) is 9.59 Å². The average Bonchev–Trinajstić information content (AvgIpc) is 2.89. The Kier molecular flexibility index (Phi) is 4.20. The van der Waals surface area contributed by atoms with Gasteiger partial charge in [-0.15, -0.1) is 0 Å². The maximum Gasteiger partial charge on any atom is 0.341 e. The molecule has 6 heteroatoms. The second-order valence-electron chi connectivity index (χ2n) is 5.05. The molecule has 1 N–H and O–H groups in total. The Morgan fingerprint density at radius 1 is 1.17 bits per heavy atom. The fourth-order valence-electron chi connectivity index (χ4n) is 2.25. The summed E-state index contributed by atoms with van der Waals surface area (Å²) in [6, 6.07) is 11.8. The maximum absolute atomic E-state index is 12.3. The zero-order chi connectivity index (χ0) is 17.1. The molecule has 0 aliphatic carbocycles. The van der Waals surface area contributed by atoms with E-state index >= 15 is 0 Å². The number of ketones is 1. The molecule has 1 heterocycles. The highest BCUT2D eigenvalue weighted by Crippen LogP contribution is 2.35. The van der Waals surface area contributed by atoms with E-state index in [0.717, 1.165) is 11.3 Å². The van der Waals surface area contributed by atoms with E-state index < -0.39 is 12.6 Å². The molecule has 1 aliphatic heterocycles. The first-order valence-corrected chi connectivity index (χ1v) is 7.14. The van der Waals surface area contributed by atoms with E-state index in [1.54, 1.807) is 37.5 Å². The van der Waals surface area contributed by atoms with Crippen LogP contribution in [0.25, 0.3) is 6.08 Å². The molecular weight excluding hydrogens is 312 g/mol. The molecule has 0 unspecified atom stereocenters. The number of carboxylic acid groups (broad SMARTS) is 1. The minimum Gasteiger partial charge on any atom is -0.497 e. The number of aliphatic carboxylic acids is 1. The van der Waals surface area contributed by atoms with Gasteiger partial charge in [-0.25, -0.2) is 4.79 Å². The van der Waals surface area contributed by atoms with Crippen molar-refractivity contribution in [2.24, 2.45) is 0 Å². The largest absolute Gasteiger partial charge is 0.497 e. The normalized spacial score (nSPS) is 14.2. The molecule has 0 bridgehead atoms. The standard InChI is InChI=1S/C18H14O6/c1-22-12-4-2-11(3-5-12)8-16-18(21)14-7-6-13(9-15(14)24-16)23-10-17(19)20/h2-9H,10H2,1H3,(H,19,20)/b16-8-. The second-order valence-corrected chi connectivity index (χ2v) is 5.05. The van der Waals surface area contributed by atoms with Crippen molar-refractivity contribution in [2.45, 2.75) is 0 Å². The van der Waals surface area contributed by atoms with Crippen LogP contribution in [-0.2, 0) is 4.79 Å². The molecule has 0 fully saturated rings. The lowest BCUT2D eigenvalue weighted by molar-refractivity contribution is -0.139. The molecule has 6 nitrogen and oxygen atoms in total. The Bertz CT molecular complexity index is 820. The smallest absolute Gasteiger partial charge is 0.341 e. The van der Waals surface area contributed by atoms with Crippen LogP contribution in [0.2, 0.25) is 0 Å². The zero-order valence-corrected chi connectivity index (χ0v) is 12.8. The van der Waals surface area contributed by atoms with Crippen molar-refractivity contribution in [1.82, 2.24) is 0 Å². The minimum absolute atomic E-state index is 0.200. The lowest BCUT2D eigenvalue weighted by Crippen LogP contribution is -2.09. The Morgan fingerprint density at radius 3 is 2.54 bits per heavy atom. The molecule has 0 spiro atoms. The third-order valence-electron chi connectivity index (χ3n) is 3.42. The first kappa shape index (κ1) is 15.6. The summed E-state index contributed by atoms with van der Waals surface area (Å²) in [5.41, 5.74) is 1.21. The van der Waals surface area contributed by atoms with Crippen molar-refractivity contribution in [1.29, 1.82) is 0 Å². The van der Waals surface area contributed by atoms with Gasteiger partial charge in [-0.1, -0.05) is 12.1 Å². The number of ether oxygens (including phenoxy) is 3. The summed E-state index contributed by atoms with van der Waals surface area (Å²) < 4.78 is 15.8. The quantitative estimate of drug-likeness (QED) is 0.851. The molecule has 24 heavy (non-hydrogen) atoms. The Labute approximate surface area is 137 Å². The number of benzene rings is 2. The van der Waals surface area contributed by atoms with Crippen molar-refractivity contribution in [3.05, 3.63) is 59.4 Å². The van der Waals surface area contributed by atoms with Crippen LogP contribution in [0.15, 0.2) is 48.2 Å². The lowest BCUT2D eigenvalue weighted by atomic mass is 10.1. The number of methoxy groups -OCH3 is 1. The van der Waals surface area contributed by atoms with E-state index in [2.05, 4.69) is 0 Å². The van der Waals surface area contributed by atoms with Crippen LogP contribution >= 0.6 is 0 Å². The maximum atomic E-state index is 12.3.